The number of rotatable bonds is 3. The number of halogens is 1. The predicted octanol–water partition coefficient (Wildman–Crippen LogP) is 4.74. The van der Waals surface area contributed by atoms with Crippen molar-refractivity contribution in [2.75, 3.05) is 0 Å². The van der Waals surface area contributed by atoms with Gasteiger partial charge < -0.3 is 0 Å². The summed E-state index contributed by atoms with van der Waals surface area (Å²) in [4.78, 5) is 16.6. The smallest absolute Gasteiger partial charge is 0.212 e. The number of carbonyl (C=O) groups excluding carboxylic acids is 1. The highest BCUT2D eigenvalue weighted by molar-refractivity contribution is 9.10. The molecule has 102 valence electrons. The standard InChI is InChI=1S/C18H12BrNO/c19-16-7-4-12-20-17(16)18(21)15-10-8-14(9-11-15)13-5-2-1-3-6-13/h1-12H. The van der Waals surface area contributed by atoms with E-state index in [1.807, 2.05) is 60.7 Å². The second-order valence-electron chi connectivity index (χ2n) is 4.61. The van der Waals surface area contributed by atoms with Crippen LogP contribution in [0.15, 0.2) is 77.4 Å². The third-order valence-electron chi connectivity index (χ3n) is 3.23. The van der Waals surface area contributed by atoms with Crippen molar-refractivity contribution in [3.05, 3.63) is 88.7 Å². The van der Waals surface area contributed by atoms with Crippen LogP contribution in [0.25, 0.3) is 11.1 Å². The monoisotopic (exact) mass is 337 g/mol. The minimum atomic E-state index is -0.0814. The molecule has 2 aromatic carbocycles. The molecule has 21 heavy (non-hydrogen) atoms. The van der Waals surface area contributed by atoms with Gasteiger partial charge in [-0.05, 0) is 39.2 Å². The first-order chi connectivity index (χ1) is 10.3. The third-order valence-corrected chi connectivity index (χ3v) is 3.87. The van der Waals surface area contributed by atoms with Gasteiger partial charge in [0, 0.05) is 16.2 Å². The van der Waals surface area contributed by atoms with Crippen molar-refractivity contribution in [1.82, 2.24) is 4.98 Å². The highest BCUT2D eigenvalue weighted by atomic mass is 79.9. The lowest BCUT2D eigenvalue weighted by molar-refractivity contribution is 0.103. The van der Waals surface area contributed by atoms with E-state index < -0.39 is 0 Å². The molecule has 0 aliphatic heterocycles. The van der Waals surface area contributed by atoms with Crippen LogP contribution in [-0.2, 0) is 0 Å². The summed E-state index contributed by atoms with van der Waals surface area (Å²) in [7, 11) is 0. The fraction of sp³-hybridized carbons (Fsp3) is 0. The van der Waals surface area contributed by atoms with Crippen LogP contribution in [0.2, 0.25) is 0 Å². The summed E-state index contributed by atoms with van der Waals surface area (Å²) in [5.74, 6) is -0.0814. The number of nitrogens with zero attached hydrogens (tertiary/aromatic N) is 1. The Bertz CT molecular complexity index is 767. The van der Waals surface area contributed by atoms with E-state index in [1.165, 1.54) is 0 Å². The molecular formula is C18H12BrNO. The lowest BCUT2D eigenvalue weighted by Crippen LogP contribution is -2.04. The summed E-state index contributed by atoms with van der Waals surface area (Å²) in [6, 6.07) is 21.3. The van der Waals surface area contributed by atoms with Crippen LogP contribution >= 0.6 is 15.9 Å². The van der Waals surface area contributed by atoms with Crippen molar-refractivity contribution in [2.24, 2.45) is 0 Å². The van der Waals surface area contributed by atoms with Gasteiger partial charge in [-0.25, -0.2) is 0 Å². The number of carbonyl (C=O) groups is 1. The summed E-state index contributed by atoms with van der Waals surface area (Å²) in [5, 5.41) is 0. The predicted molar refractivity (Wildman–Crippen MR) is 87.2 cm³/mol. The van der Waals surface area contributed by atoms with Gasteiger partial charge in [-0.3, -0.25) is 9.78 Å². The molecule has 0 bridgehead atoms. The van der Waals surface area contributed by atoms with Gasteiger partial charge in [0.15, 0.2) is 0 Å². The van der Waals surface area contributed by atoms with E-state index in [2.05, 4.69) is 20.9 Å². The van der Waals surface area contributed by atoms with Crippen molar-refractivity contribution in [3.63, 3.8) is 0 Å². The van der Waals surface area contributed by atoms with Crippen LogP contribution < -0.4 is 0 Å². The van der Waals surface area contributed by atoms with E-state index in [1.54, 1.807) is 12.3 Å². The topological polar surface area (TPSA) is 30.0 Å². The molecule has 1 aromatic heterocycles. The van der Waals surface area contributed by atoms with Crippen LogP contribution in [0.4, 0.5) is 0 Å². The van der Waals surface area contributed by atoms with E-state index in [0.29, 0.717) is 15.7 Å². The average Bonchev–Trinajstić information content (AvgIpc) is 2.56. The van der Waals surface area contributed by atoms with Gasteiger partial charge in [0.05, 0.1) is 0 Å². The molecule has 0 aliphatic carbocycles. The Kier molecular flexibility index (Phi) is 3.93. The maximum atomic E-state index is 12.4. The van der Waals surface area contributed by atoms with E-state index >= 15 is 0 Å². The van der Waals surface area contributed by atoms with E-state index in [-0.39, 0.29) is 5.78 Å². The quantitative estimate of drug-likeness (QED) is 0.646. The molecular weight excluding hydrogens is 326 g/mol. The van der Waals surface area contributed by atoms with Crippen molar-refractivity contribution in [3.8, 4) is 11.1 Å². The molecule has 0 radical (unpaired) electrons. The first kappa shape index (κ1) is 13.7. The molecule has 1 heterocycles. The summed E-state index contributed by atoms with van der Waals surface area (Å²) in [6.45, 7) is 0. The Morgan fingerprint density at radius 1 is 0.810 bits per heavy atom. The maximum absolute atomic E-state index is 12.4. The minimum absolute atomic E-state index is 0.0814. The molecule has 3 heteroatoms. The summed E-state index contributed by atoms with van der Waals surface area (Å²) in [6.07, 6.45) is 1.62. The third kappa shape index (κ3) is 2.93. The number of pyridine rings is 1. The first-order valence-electron chi connectivity index (χ1n) is 6.56. The van der Waals surface area contributed by atoms with Gasteiger partial charge in [-0.15, -0.1) is 0 Å². The summed E-state index contributed by atoms with van der Waals surface area (Å²) in [5.41, 5.74) is 3.29. The molecule has 3 aromatic rings. The van der Waals surface area contributed by atoms with Crippen molar-refractivity contribution < 1.29 is 4.79 Å². The number of hydrogen-bond donors (Lipinski definition) is 0. The van der Waals surface area contributed by atoms with Gasteiger partial charge in [-0.1, -0.05) is 54.6 Å². The molecule has 0 atom stereocenters. The molecule has 0 spiro atoms. The highest BCUT2D eigenvalue weighted by Gasteiger charge is 2.13. The van der Waals surface area contributed by atoms with Gasteiger partial charge in [0.25, 0.3) is 0 Å². The average molecular weight is 338 g/mol. The Balaban J connectivity index is 1.91. The number of benzene rings is 2. The van der Waals surface area contributed by atoms with Crippen molar-refractivity contribution >= 4 is 21.7 Å². The summed E-state index contributed by atoms with van der Waals surface area (Å²) >= 11 is 3.36. The zero-order chi connectivity index (χ0) is 14.7. The lowest BCUT2D eigenvalue weighted by Gasteiger charge is -2.05. The molecule has 0 saturated heterocycles. The fourth-order valence-electron chi connectivity index (χ4n) is 2.13. The normalized spacial score (nSPS) is 10.3. The second kappa shape index (κ2) is 6.02. The first-order valence-corrected chi connectivity index (χ1v) is 7.36. The van der Waals surface area contributed by atoms with Crippen molar-refractivity contribution in [1.29, 1.82) is 0 Å². The van der Waals surface area contributed by atoms with Gasteiger partial charge >= 0.3 is 0 Å². The van der Waals surface area contributed by atoms with Gasteiger partial charge in [-0.2, -0.15) is 0 Å². The van der Waals surface area contributed by atoms with Crippen LogP contribution in [0.5, 0.6) is 0 Å². The second-order valence-corrected chi connectivity index (χ2v) is 5.46. The van der Waals surface area contributed by atoms with E-state index in [9.17, 15) is 4.79 Å². The van der Waals surface area contributed by atoms with E-state index in [4.69, 9.17) is 0 Å². The lowest BCUT2D eigenvalue weighted by atomic mass is 10.0. The van der Waals surface area contributed by atoms with Gasteiger partial charge in [0.2, 0.25) is 5.78 Å². The van der Waals surface area contributed by atoms with Crippen molar-refractivity contribution in [2.45, 2.75) is 0 Å². The Morgan fingerprint density at radius 3 is 2.14 bits per heavy atom. The number of hydrogen-bond acceptors (Lipinski definition) is 2. The highest BCUT2D eigenvalue weighted by Crippen LogP contribution is 2.22. The summed E-state index contributed by atoms with van der Waals surface area (Å²) < 4.78 is 0.710. The Morgan fingerprint density at radius 2 is 1.48 bits per heavy atom. The molecule has 0 amide bonds. The SMILES string of the molecule is O=C(c1ccc(-c2ccccc2)cc1)c1ncccc1Br. The zero-order valence-corrected chi connectivity index (χ0v) is 12.7. The Hall–Kier alpha value is -2.26. The zero-order valence-electron chi connectivity index (χ0n) is 11.2. The molecule has 0 unspecified atom stereocenters. The van der Waals surface area contributed by atoms with Crippen LogP contribution in [0.1, 0.15) is 16.1 Å². The minimum Gasteiger partial charge on any atom is -0.287 e. The van der Waals surface area contributed by atoms with Crippen LogP contribution in [0, 0.1) is 0 Å². The van der Waals surface area contributed by atoms with Gasteiger partial charge in [0.1, 0.15) is 5.69 Å². The number of aromatic nitrogens is 1. The van der Waals surface area contributed by atoms with Crippen LogP contribution in [0.3, 0.4) is 0 Å². The molecule has 0 fully saturated rings. The van der Waals surface area contributed by atoms with Crippen LogP contribution in [-0.4, -0.2) is 10.8 Å². The molecule has 0 N–H and O–H groups in total. The molecule has 0 saturated carbocycles. The molecule has 3 rings (SSSR count). The maximum Gasteiger partial charge on any atom is 0.212 e. The largest absolute Gasteiger partial charge is 0.287 e. The van der Waals surface area contributed by atoms with E-state index in [0.717, 1.165) is 11.1 Å². The fourth-order valence-corrected chi connectivity index (χ4v) is 2.57. The molecule has 0 aliphatic rings. The number of ketones is 1. The molecule has 2 nitrogen and oxygen atoms in total. The Labute approximate surface area is 131 Å².